The molecule has 0 aromatic heterocycles. The van der Waals surface area contributed by atoms with E-state index in [1.807, 2.05) is 0 Å². The molecule has 0 aliphatic carbocycles. The van der Waals surface area contributed by atoms with E-state index in [0.29, 0.717) is 0 Å². The Labute approximate surface area is 149 Å². The molecule has 4 rings (SSSR count). The van der Waals surface area contributed by atoms with Crippen LogP contribution < -0.4 is 0 Å². The summed E-state index contributed by atoms with van der Waals surface area (Å²) in [7, 11) is 0. The highest BCUT2D eigenvalue weighted by molar-refractivity contribution is 5.84. The smallest absolute Gasteiger partial charge is 0.0103 e. The monoisotopic (exact) mass is 320 g/mol. The van der Waals surface area contributed by atoms with E-state index in [0.717, 1.165) is 0 Å². The van der Waals surface area contributed by atoms with E-state index in [1.165, 1.54) is 38.9 Å². The van der Waals surface area contributed by atoms with E-state index < -0.39 is 0 Å². The molecule has 0 fully saturated rings. The minimum absolute atomic E-state index is 1.25. The van der Waals surface area contributed by atoms with Crippen molar-refractivity contribution >= 4 is 0 Å². The second-order valence-electron chi connectivity index (χ2n) is 6.36. The molecule has 120 valence electrons. The van der Waals surface area contributed by atoms with Gasteiger partial charge < -0.3 is 0 Å². The number of rotatable bonds is 3. The van der Waals surface area contributed by atoms with Gasteiger partial charge in [-0.2, -0.15) is 0 Å². The summed E-state index contributed by atoms with van der Waals surface area (Å²) in [5.74, 6) is 0. The zero-order valence-corrected chi connectivity index (χ0v) is 14.3. The lowest BCUT2D eigenvalue weighted by molar-refractivity contribution is 1.46. The maximum absolute atomic E-state index is 2.28. The van der Waals surface area contributed by atoms with Crippen molar-refractivity contribution in [2.45, 2.75) is 6.92 Å². The van der Waals surface area contributed by atoms with Crippen molar-refractivity contribution in [3.8, 4) is 33.4 Å². The second kappa shape index (κ2) is 6.78. The van der Waals surface area contributed by atoms with Gasteiger partial charge in [0.1, 0.15) is 0 Å². The molecule has 0 nitrogen and oxygen atoms in total. The van der Waals surface area contributed by atoms with E-state index >= 15 is 0 Å². The van der Waals surface area contributed by atoms with Crippen LogP contribution in [0.1, 0.15) is 5.56 Å². The maximum Gasteiger partial charge on any atom is -0.0103 e. The van der Waals surface area contributed by atoms with E-state index in [2.05, 4.69) is 110 Å². The van der Waals surface area contributed by atoms with Gasteiger partial charge in [-0.05, 0) is 40.3 Å². The second-order valence-corrected chi connectivity index (χ2v) is 6.36. The van der Waals surface area contributed by atoms with Crippen LogP contribution in [0.4, 0.5) is 0 Å². The van der Waals surface area contributed by atoms with Crippen LogP contribution in [0.3, 0.4) is 0 Å². The fraction of sp³-hybridized carbons (Fsp3) is 0.0400. The summed E-state index contributed by atoms with van der Waals surface area (Å²) in [6, 6.07) is 36.7. The molecule has 0 heteroatoms. The molecule has 0 unspecified atom stereocenters. The highest BCUT2D eigenvalue weighted by Gasteiger charge is 2.08. The molecule has 4 aromatic carbocycles. The van der Waals surface area contributed by atoms with Gasteiger partial charge in [-0.15, -0.1) is 0 Å². The Morgan fingerprint density at radius 2 is 0.880 bits per heavy atom. The Morgan fingerprint density at radius 1 is 0.400 bits per heavy atom. The minimum atomic E-state index is 1.25. The number of aryl methyl sites for hydroxylation is 1. The van der Waals surface area contributed by atoms with Gasteiger partial charge in [-0.25, -0.2) is 0 Å². The zero-order valence-electron chi connectivity index (χ0n) is 14.3. The predicted molar refractivity (Wildman–Crippen MR) is 107 cm³/mol. The summed E-state index contributed by atoms with van der Waals surface area (Å²) >= 11 is 0. The molecule has 4 aromatic rings. The summed E-state index contributed by atoms with van der Waals surface area (Å²) in [6.45, 7) is 2.15. The van der Waals surface area contributed by atoms with Crippen LogP contribution in [0.5, 0.6) is 0 Å². The third kappa shape index (κ3) is 3.25. The van der Waals surface area contributed by atoms with Gasteiger partial charge in [0.05, 0.1) is 0 Å². The zero-order chi connectivity index (χ0) is 17.1. The molecular formula is C25H20. The van der Waals surface area contributed by atoms with Gasteiger partial charge >= 0.3 is 0 Å². The maximum atomic E-state index is 2.28. The topological polar surface area (TPSA) is 0 Å². The Bertz CT molecular complexity index is 965. The quantitative estimate of drug-likeness (QED) is 0.381. The SMILES string of the molecule is Cc1ccc(-c2ccccc2)c(-c2ccc(-c3ccccc3)cc2)c1. The van der Waals surface area contributed by atoms with Crippen molar-refractivity contribution in [1.29, 1.82) is 0 Å². The molecule has 0 bridgehead atoms. The molecule has 0 atom stereocenters. The van der Waals surface area contributed by atoms with E-state index in [4.69, 9.17) is 0 Å². The Morgan fingerprint density at radius 3 is 1.52 bits per heavy atom. The fourth-order valence-corrected chi connectivity index (χ4v) is 3.24. The van der Waals surface area contributed by atoms with Gasteiger partial charge in [-0.1, -0.05) is 109 Å². The average molecular weight is 320 g/mol. The lowest BCUT2D eigenvalue weighted by Gasteiger charge is -2.12. The van der Waals surface area contributed by atoms with E-state index in [-0.39, 0.29) is 0 Å². The molecule has 0 saturated heterocycles. The number of benzene rings is 4. The molecule has 0 aliphatic rings. The lowest BCUT2D eigenvalue weighted by Crippen LogP contribution is -1.87. The normalized spacial score (nSPS) is 10.6. The van der Waals surface area contributed by atoms with E-state index in [9.17, 15) is 0 Å². The Kier molecular flexibility index (Phi) is 4.18. The highest BCUT2D eigenvalue weighted by Crippen LogP contribution is 2.34. The van der Waals surface area contributed by atoms with Crippen LogP contribution in [0, 0.1) is 6.92 Å². The van der Waals surface area contributed by atoms with Crippen LogP contribution in [-0.4, -0.2) is 0 Å². The van der Waals surface area contributed by atoms with Gasteiger partial charge in [0.25, 0.3) is 0 Å². The molecule has 0 N–H and O–H groups in total. The van der Waals surface area contributed by atoms with Gasteiger partial charge in [0.15, 0.2) is 0 Å². The first kappa shape index (κ1) is 15.4. The average Bonchev–Trinajstić information content (AvgIpc) is 2.69. The van der Waals surface area contributed by atoms with Gasteiger partial charge in [0, 0.05) is 0 Å². The van der Waals surface area contributed by atoms with Crippen molar-refractivity contribution in [2.24, 2.45) is 0 Å². The summed E-state index contributed by atoms with van der Waals surface area (Å²) < 4.78 is 0. The molecule has 25 heavy (non-hydrogen) atoms. The molecular weight excluding hydrogens is 300 g/mol. The first-order valence-corrected chi connectivity index (χ1v) is 8.63. The summed E-state index contributed by atoms with van der Waals surface area (Å²) in [4.78, 5) is 0. The van der Waals surface area contributed by atoms with Gasteiger partial charge in [-0.3, -0.25) is 0 Å². The van der Waals surface area contributed by atoms with Crippen molar-refractivity contribution in [3.63, 3.8) is 0 Å². The minimum Gasteiger partial charge on any atom is -0.0622 e. The third-order valence-corrected chi connectivity index (χ3v) is 4.56. The fourth-order valence-electron chi connectivity index (χ4n) is 3.24. The molecule has 0 heterocycles. The summed E-state index contributed by atoms with van der Waals surface area (Å²) in [5, 5.41) is 0. The van der Waals surface area contributed by atoms with Crippen molar-refractivity contribution in [3.05, 3.63) is 109 Å². The number of hydrogen-bond acceptors (Lipinski definition) is 0. The van der Waals surface area contributed by atoms with Gasteiger partial charge in [0.2, 0.25) is 0 Å². The predicted octanol–water partition coefficient (Wildman–Crippen LogP) is 7.00. The number of hydrogen-bond donors (Lipinski definition) is 0. The highest BCUT2D eigenvalue weighted by atomic mass is 14.1. The van der Waals surface area contributed by atoms with Crippen LogP contribution >= 0.6 is 0 Å². The molecule has 0 saturated carbocycles. The van der Waals surface area contributed by atoms with Crippen LogP contribution in [0.15, 0.2) is 103 Å². The summed E-state index contributed by atoms with van der Waals surface area (Å²) in [6.07, 6.45) is 0. The first-order chi connectivity index (χ1) is 12.3. The van der Waals surface area contributed by atoms with Crippen molar-refractivity contribution < 1.29 is 0 Å². The van der Waals surface area contributed by atoms with E-state index in [1.54, 1.807) is 0 Å². The van der Waals surface area contributed by atoms with Crippen LogP contribution in [-0.2, 0) is 0 Å². The Hall–Kier alpha value is -3.12. The van der Waals surface area contributed by atoms with Crippen LogP contribution in [0.25, 0.3) is 33.4 Å². The Balaban J connectivity index is 1.78. The lowest BCUT2D eigenvalue weighted by atomic mass is 9.92. The largest absolute Gasteiger partial charge is 0.0622 e. The standard InChI is InChI=1S/C25H20/c1-19-12-17-24(22-10-6-3-7-11-22)25(18-19)23-15-13-21(14-16-23)20-8-4-2-5-9-20/h2-18H,1H3. The van der Waals surface area contributed by atoms with Crippen molar-refractivity contribution in [2.75, 3.05) is 0 Å². The third-order valence-electron chi connectivity index (χ3n) is 4.56. The summed E-state index contributed by atoms with van der Waals surface area (Å²) in [5.41, 5.74) is 8.85. The molecule has 0 spiro atoms. The molecule has 0 amide bonds. The first-order valence-electron chi connectivity index (χ1n) is 8.63. The van der Waals surface area contributed by atoms with Crippen molar-refractivity contribution in [1.82, 2.24) is 0 Å². The molecule has 0 aliphatic heterocycles. The van der Waals surface area contributed by atoms with Crippen LogP contribution in [0.2, 0.25) is 0 Å². The molecule has 0 radical (unpaired) electrons.